The molecule has 4 aromatic rings. The molecule has 3 N–H and O–H groups in total. The van der Waals surface area contributed by atoms with Crippen molar-refractivity contribution < 1.29 is 20.1 Å². The number of thiazole rings is 1. The van der Waals surface area contributed by atoms with Crippen molar-refractivity contribution >= 4 is 34.3 Å². The van der Waals surface area contributed by atoms with E-state index >= 15 is 0 Å². The number of thiophene rings is 1. The second-order valence-corrected chi connectivity index (χ2v) is 11.1. The van der Waals surface area contributed by atoms with E-state index in [4.69, 9.17) is 16.3 Å². The summed E-state index contributed by atoms with van der Waals surface area (Å²) in [5, 5.41) is 37.6. The monoisotopic (exact) mass is 527 g/mol. The van der Waals surface area contributed by atoms with Crippen molar-refractivity contribution in [3.8, 4) is 10.4 Å². The first-order valence-electron chi connectivity index (χ1n) is 11.5. The maximum Gasteiger partial charge on any atom is 0.113 e. The summed E-state index contributed by atoms with van der Waals surface area (Å²) in [6.45, 7) is 0. The molecule has 5 rings (SSSR count). The van der Waals surface area contributed by atoms with Gasteiger partial charge in [-0.05, 0) is 52.4 Å². The van der Waals surface area contributed by atoms with Gasteiger partial charge >= 0.3 is 0 Å². The molecule has 8 heteroatoms. The van der Waals surface area contributed by atoms with Gasteiger partial charge < -0.3 is 20.1 Å². The van der Waals surface area contributed by atoms with Crippen LogP contribution < -0.4 is 0 Å². The number of aliphatic hydroxyl groups excluding tert-OH is 3. The molecule has 0 saturated carbocycles. The van der Waals surface area contributed by atoms with E-state index < -0.39 is 30.5 Å². The molecule has 3 heterocycles. The second-order valence-electron chi connectivity index (χ2n) is 8.75. The topological polar surface area (TPSA) is 82.8 Å². The van der Waals surface area contributed by atoms with Crippen molar-refractivity contribution in [3.63, 3.8) is 0 Å². The van der Waals surface area contributed by atoms with Gasteiger partial charge in [-0.25, -0.2) is 4.98 Å². The molecule has 2 aromatic carbocycles. The Morgan fingerprint density at radius 1 is 0.971 bits per heavy atom. The lowest BCUT2D eigenvalue weighted by atomic mass is 9.88. The minimum atomic E-state index is -1.30. The van der Waals surface area contributed by atoms with Gasteiger partial charge in [0.15, 0.2) is 0 Å². The van der Waals surface area contributed by atoms with Crippen molar-refractivity contribution in [2.45, 2.75) is 49.8 Å². The molecule has 1 aliphatic rings. The third-order valence-corrected chi connectivity index (χ3v) is 8.47. The van der Waals surface area contributed by atoms with Crippen LogP contribution in [0, 0.1) is 0 Å². The van der Waals surface area contributed by atoms with Crippen LogP contribution in [0.15, 0.2) is 71.6 Å². The molecule has 1 saturated heterocycles. The molecule has 182 valence electrons. The molecular formula is C27H26ClNO4S2. The summed E-state index contributed by atoms with van der Waals surface area (Å²) in [5.74, 6) is 0. The van der Waals surface area contributed by atoms with Gasteiger partial charge in [0.1, 0.15) is 24.4 Å². The quantitative estimate of drug-likeness (QED) is 0.305. The Hall–Kier alpha value is -2.10. The highest BCUT2D eigenvalue weighted by molar-refractivity contribution is 7.15. The smallest absolute Gasteiger partial charge is 0.113 e. The highest BCUT2D eigenvalue weighted by Gasteiger charge is 2.44. The van der Waals surface area contributed by atoms with Crippen LogP contribution in [0.1, 0.15) is 34.2 Å². The molecule has 5 nitrogen and oxygen atoms in total. The summed E-state index contributed by atoms with van der Waals surface area (Å²) in [7, 11) is 0. The summed E-state index contributed by atoms with van der Waals surface area (Å²) in [6, 6.07) is 17.5. The van der Waals surface area contributed by atoms with Crippen LogP contribution >= 0.6 is 34.3 Å². The van der Waals surface area contributed by atoms with Crippen LogP contribution in [-0.2, 0) is 17.6 Å². The SMILES string of the molecule is O[C@H]1[C@@H](O)[C@H](c2ccc(Cl)c(Cc3ncc(-c4ccsc4)s3)c2)O[C@H](CCc2ccccc2)[C@H]1O. The van der Waals surface area contributed by atoms with Gasteiger partial charge in [0.2, 0.25) is 0 Å². The third kappa shape index (κ3) is 5.52. The molecule has 2 aromatic heterocycles. The highest BCUT2D eigenvalue weighted by atomic mass is 35.5. The number of aryl methyl sites for hydroxylation is 1. The standard InChI is InChI=1S/C27H26ClNO4S2/c28-20-8-7-17(12-19(20)13-23-29-14-22(35-23)18-10-11-34-15-18)27-26(32)25(31)24(30)21(33-27)9-6-16-4-2-1-3-5-16/h1-5,7-8,10-12,14-15,21,24-27,30-32H,6,9,13H2/t21-,24-,25-,26-,27+/m1/s1. The Morgan fingerprint density at radius 2 is 1.80 bits per heavy atom. The first kappa shape index (κ1) is 24.6. The largest absolute Gasteiger partial charge is 0.388 e. The predicted molar refractivity (Wildman–Crippen MR) is 140 cm³/mol. The molecule has 0 spiro atoms. The van der Waals surface area contributed by atoms with Crippen LogP contribution in [0.3, 0.4) is 0 Å². The fraction of sp³-hybridized carbons (Fsp3) is 0.296. The number of halogens is 1. The zero-order valence-corrected chi connectivity index (χ0v) is 21.2. The zero-order valence-electron chi connectivity index (χ0n) is 18.8. The minimum absolute atomic E-state index is 0.524. The first-order valence-corrected chi connectivity index (χ1v) is 13.6. The molecule has 5 atom stereocenters. The normalized spacial score (nSPS) is 24.5. The summed E-state index contributed by atoms with van der Waals surface area (Å²) in [4.78, 5) is 5.67. The molecule has 0 bridgehead atoms. The number of ether oxygens (including phenoxy) is 1. The molecule has 1 aliphatic heterocycles. The van der Waals surface area contributed by atoms with E-state index in [2.05, 4.69) is 16.4 Å². The molecule has 35 heavy (non-hydrogen) atoms. The Labute approximate surface area is 217 Å². The van der Waals surface area contributed by atoms with Gasteiger partial charge in [0, 0.05) is 23.2 Å². The highest BCUT2D eigenvalue weighted by Crippen LogP contribution is 2.36. The van der Waals surface area contributed by atoms with Gasteiger partial charge in [-0.15, -0.1) is 11.3 Å². The van der Waals surface area contributed by atoms with Crippen molar-refractivity contribution in [2.75, 3.05) is 0 Å². The van der Waals surface area contributed by atoms with Gasteiger partial charge in [0.25, 0.3) is 0 Å². The van der Waals surface area contributed by atoms with Crippen molar-refractivity contribution in [3.05, 3.63) is 98.3 Å². The number of rotatable bonds is 7. The van der Waals surface area contributed by atoms with E-state index in [1.807, 2.05) is 48.0 Å². The van der Waals surface area contributed by atoms with E-state index in [0.29, 0.717) is 29.8 Å². The number of nitrogens with zero attached hydrogens (tertiary/aromatic N) is 1. The van der Waals surface area contributed by atoms with Crippen molar-refractivity contribution in [1.29, 1.82) is 0 Å². The van der Waals surface area contributed by atoms with Gasteiger partial charge in [-0.2, -0.15) is 11.3 Å². The van der Waals surface area contributed by atoms with Gasteiger partial charge in [0.05, 0.1) is 16.0 Å². The summed E-state index contributed by atoms with van der Waals surface area (Å²) in [5.41, 5.74) is 3.86. The molecule has 0 amide bonds. The fourth-order valence-corrected chi connectivity index (χ4v) is 6.27. The summed E-state index contributed by atoms with van der Waals surface area (Å²) >= 11 is 9.79. The third-order valence-electron chi connectivity index (χ3n) is 6.37. The summed E-state index contributed by atoms with van der Waals surface area (Å²) in [6.07, 6.45) is -1.46. The molecule has 0 unspecified atom stereocenters. The lowest BCUT2D eigenvalue weighted by Crippen LogP contribution is -2.54. The fourth-order valence-electron chi connectivity index (χ4n) is 4.42. The number of hydrogen-bond acceptors (Lipinski definition) is 7. The van der Waals surface area contributed by atoms with Crippen LogP contribution in [0.4, 0.5) is 0 Å². The van der Waals surface area contributed by atoms with Crippen molar-refractivity contribution in [1.82, 2.24) is 4.98 Å². The Morgan fingerprint density at radius 3 is 2.57 bits per heavy atom. The van der Waals surface area contributed by atoms with Crippen LogP contribution in [0.5, 0.6) is 0 Å². The van der Waals surface area contributed by atoms with Crippen LogP contribution in [0.2, 0.25) is 5.02 Å². The number of aromatic nitrogens is 1. The molecule has 0 radical (unpaired) electrons. The number of aliphatic hydroxyl groups is 3. The molecule has 1 fully saturated rings. The molecular weight excluding hydrogens is 502 g/mol. The molecule has 0 aliphatic carbocycles. The lowest BCUT2D eigenvalue weighted by molar-refractivity contribution is -0.225. The van der Waals surface area contributed by atoms with E-state index in [9.17, 15) is 15.3 Å². The van der Waals surface area contributed by atoms with E-state index in [1.54, 1.807) is 34.8 Å². The summed E-state index contributed by atoms with van der Waals surface area (Å²) < 4.78 is 6.17. The van der Waals surface area contributed by atoms with E-state index in [1.165, 1.54) is 0 Å². The predicted octanol–water partition coefficient (Wildman–Crippen LogP) is 5.27. The lowest BCUT2D eigenvalue weighted by Gasteiger charge is -2.41. The average Bonchev–Trinajstić information content (AvgIpc) is 3.57. The maximum absolute atomic E-state index is 10.7. The Balaban J connectivity index is 1.34. The van der Waals surface area contributed by atoms with Gasteiger partial charge in [-0.1, -0.05) is 54.1 Å². The maximum atomic E-state index is 10.7. The van der Waals surface area contributed by atoms with E-state index in [0.717, 1.165) is 26.6 Å². The van der Waals surface area contributed by atoms with Crippen LogP contribution in [-0.4, -0.2) is 44.7 Å². The Bertz CT molecular complexity index is 1250. The Kier molecular flexibility index (Phi) is 7.65. The van der Waals surface area contributed by atoms with Gasteiger partial charge in [-0.3, -0.25) is 0 Å². The van der Waals surface area contributed by atoms with Crippen LogP contribution in [0.25, 0.3) is 10.4 Å². The van der Waals surface area contributed by atoms with Crippen molar-refractivity contribution in [2.24, 2.45) is 0 Å². The number of benzene rings is 2. The first-order chi connectivity index (χ1) is 17.0. The number of hydrogen-bond donors (Lipinski definition) is 3. The average molecular weight is 528 g/mol. The van der Waals surface area contributed by atoms with E-state index in [-0.39, 0.29) is 0 Å². The second kappa shape index (κ2) is 10.9. The minimum Gasteiger partial charge on any atom is -0.388 e. The zero-order chi connectivity index (χ0) is 24.4.